The number of benzene rings is 1. The van der Waals surface area contributed by atoms with Crippen molar-refractivity contribution in [3.05, 3.63) is 35.0 Å². The minimum atomic E-state index is -1.28. The number of halogens is 2. The molecule has 0 unspecified atom stereocenters. The summed E-state index contributed by atoms with van der Waals surface area (Å²) in [4.78, 5) is 26.9. The number of hydrogen-bond acceptors (Lipinski definition) is 8. The minimum absolute atomic E-state index is 0.0990. The second kappa shape index (κ2) is 10.6. The summed E-state index contributed by atoms with van der Waals surface area (Å²) in [5.41, 5.74) is 0.101. The van der Waals surface area contributed by atoms with E-state index in [0.29, 0.717) is 42.0 Å². The molecule has 1 aliphatic heterocycles. The lowest BCUT2D eigenvalue weighted by atomic mass is 9.92. The lowest BCUT2D eigenvalue weighted by molar-refractivity contribution is 0.00206. The van der Waals surface area contributed by atoms with Crippen LogP contribution in [0, 0.1) is 5.82 Å². The fourth-order valence-corrected chi connectivity index (χ4v) is 5.28. The number of aromatic nitrogens is 4. The van der Waals surface area contributed by atoms with E-state index in [0.717, 1.165) is 0 Å². The summed E-state index contributed by atoms with van der Waals surface area (Å²) in [6.07, 6.45) is 1.04. The predicted octanol–water partition coefficient (Wildman–Crippen LogP) is 4.49. The van der Waals surface area contributed by atoms with E-state index in [-0.39, 0.29) is 22.5 Å². The summed E-state index contributed by atoms with van der Waals surface area (Å²) < 4.78 is 22.0. The largest absolute Gasteiger partial charge is 0.453 e. The van der Waals surface area contributed by atoms with Crippen molar-refractivity contribution in [1.82, 2.24) is 24.4 Å². The molecular formula is C26H34ClFN6O4. The third-order valence-corrected chi connectivity index (χ3v) is 7.14. The molecule has 0 radical (unpaired) electrons. The van der Waals surface area contributed by atoms with Gasteiger partial charge in [0.2, 0.25) is 5.95 Å². The van der Waals surface area contributed by atoms with Crippen molar-refractivity contribution in [2.24, 2.45) is 0 Å². The number of anilines is 1. The predicted molar refractivity (Wildman–Crippen MR) is 143 cm³/mol. The molecule has 1 aliphatic rings. The van der Waals surface area contributed by atoms with Gasteiger partial charge in [0, 0.05) is 18.2 Å². The third kappa shape index (κ3) is 5.14. The molecule has 2 aromatic heterocycles. The Balaban J connectivity index is 1.70. The van der Waals surface area contributed by atoms with Crippen molar-refractivity contribution in [3.8, 4) is 11.3 Å². The zero-order valence-corrected chi connectivity index (χ0v) is 23.1. The second-order valence-electron chi connectivity index (χ2n) is 10.3. The number of rotatable bonds is 6. The van der Waals surface area contributed by atoms with Crippen LogP contribution in [0.4, 0.5) is 15.1 Å². The molecule has 12 heteroatoms. The van der Waals surface area contributed by atoms with Gasteiger partial charge in [0.1, 0.15) is 16.9 Å². The molecule has 1 fully saturated rings. The first kappa shape index (κ1) is 28.0. The van der Waals surface area contributed by atoms with Crippen LogP contribution in [0.15, 0.2) is 18.3 Å². The molecule has 38 heavy (non-hydrogen) atoms. The summed E-state index contributed by atoms with van der Waals surface area (Å²) in [5, 5.41) is 25.0. The Morgan fingerprint density at radius 1 is 1.34 bits per heavy atom. The minimum Gasteiger partial charge on any atom is -0.453 e. The highest BCUT2D eigenvalue weighted by Gasteiger charge is 2.39. The fraction of sp³-hybridized carbons (Fsp3) is 0.538. The zero-order valence-electron chi connectivity index (χ0n) is 22.4. The van der Waals surface area contributed by atoms with Gasteiger partial charge in [-0.05, 0) is 52.7 Å². The average molecular weight is 549 g/mol. The van der Waals surface area contributed by atoms with Crippen molar-refractivity contribution < 1.29 is 24.1 Å². The maximum absolute atomic E-state index is 15.3. The third-order valence-electron chi connectivity index (χ3n) is 6.86. The number of amides is 1. The first-order valence-corrected chi connectivity index (χ1v) is 13.0. The summed E-state index contributed by atoms with van der Waals surface area (Å²) >= 11 is 6.46. The van der Waals surface area contributed by atoms with Crippen molar-refractivity contribution in [2.45, 2.75) is 77.3 Å². The number of nitrogens with zero attached hydrogens (tertiary/aromatic N) is 5. The Hall–Kier alpha value is -3.02. The van der Waals surface area contributed by atoms with Crippen LogP contribution in [0.1, 0.15) is 59.3 Å². The van der Waals surface area contributed by atoms with Crippen molar-refractivity contribution in [1.29, 1.82) is 0 Å². The lowest BCUT2D eigenvalue weighted by Crippen LogP contribution is -2.58. The number of likely N-dealkylation sites (tertiary alicyclic amines) is 1. The summed E-state index contributed by atoms with van der Waals surface area (Å²) in [6, 6.07) is 2.10. The Morgan fingerprint density at radius 3 is 2.66 bits per heavy atom. The number of nitrogens with one attached hydrogen (secondary N) is 1. The molecule has 0 aliphatic carbocycles. The molecule has 10 nitrogen and oxygen atoms in total. The number of aliphatic hydroxyl groups is 2. The van der Waals surface area contributed by atoms with Crippen molar-refractivity contribution in [2.75, 3.05) is 19.0 Å². The van der Waals surface area contributed by atoms with Crippen LogP contribution in [-0.2, 0) is 10.3 Å². The molecule has 3 atom stereocenters. The first-order chi connectivity index (χ1) is 17.9. The van der Waals surface area contributed by atoms with Crippen molar-refractivity contribution in [3.63, 3.8) is 0 Å². The molecule has 0 saturated carbocycles. The van der Waals surface area contributed by atoms with Crippen LogP contribution in [0.3, 0.4) is 0 Å². The second-order valence-corrected chi connectivity index (χ2v) is 10.8. The number of aliphatic hydroxyl groups excluding tert-OH is 1. The molecule has 0 bridgehead atoms. The van der Waals surface area contributed by atoms with Crippen LogP contribution < -0.4 is 5.32 Å². The number of carbonyl (C=O) groups is 1. The molecule has 0 spiro atoms. The number of fused-ring (bicyclic) bond motifs is 1. The molecule has 1 amide bonds. The van der Waals surface area contributed by atoms with Gasteiger partial charge in [-0.2, -0.15) is 0 Å². The van der Waals surface area contributed by atoms with Gasteiger partial charge in [0.05, 0.1) is 47.7 Å². The van der Waals surface area contributed by atoms with Gasteiger partial charge in [-0.1, -0.05) is 18.5 Å². The molecule has 1 saturated heterocycles. The molecule has 3 heterocycles. The SMILES string of the molecule is CC[C@@H]1[C@H](O)[C@@H](Nc2ncc(Cl)c(-c3cc(F)c4nc(C(C)(C)O)n(C(C)C)c4c3)n2)CCN1C(=O)OC. The first-order valence-electron chi connectivity index (χ1n) is 12.6. The van der Waals surface area contributed by atoms with Gasteiger partial charge < -0.3 is 29.7 Å². The van der Waals surface area contributed by atoms with Crippen LogP contribution in [0.2, 0.25) is 5.02 Å². The fourth-order valence-electron chi connectivity index (χ4n) is 5.08. The quantitative estimate of drug-likeness (QED) is 0.411. The number of ether oxygens (including phenoxy) is 1. The van der Waals surface area contributed by atoms with E-state index in [1.807, 2.05) is 20.8 Å². The summed E-state index contributed by atoms with van der Waals surface area (Å²) in [7, 11) is 1.31. The van der Waals surface area contributed by atoms with E-state index in [4.69, 9.17) is 16.3 Å². The Bertz CT molecular complexity index is 1340. The molecule has 1 aromatic carbocycles. The topological polar surface area (TPSA) is 126 Å². The summed E-state index contributed by atoms with van der Waals surface area (Å²) in [6.45, 7) is 9.36. The number of carbonyl (C=O) groups excluding carboxylic acids is 1. The molecule has 3 N–H and O–H groups in total. The van der Waals surface area contributed by atoms with E-state index >= 15 is 4.39 Å². The zero-order chi connectivity index (χ0) is 27.9. The highest BCUT2D eigenvalue weighted by Crippen LogP contribution is 2.35. The average Bonchev–Trinajstić information content (AvgIpc) is 3.27. The van der Waals surface area contributed by atoms with Crippen molar-refractivity contribution >= 4 is 34.7 Å². The van der Waals surface area contributed by atoms with Gasteiger partial charge in [-0.3, -0.25) is 0 Å². The Labute approximate surface area is 225 Å². The van der Waals surface area contributed by atoms with E-state index in [1.165, 1.54) is 24.3 Å². The maximum Gasteiger partial charge on any atom is 0.409 e. The summed E-state index contributed by atoms with van der Waals surface area (Å²) in [5.74, 6) is 0.000284. The molecule has 206 valence electrons. The smallest absolute Gasteiger partial charge is 0.409 e. The van der Waals surface area contributed by atoms with E-state index < -0.39 is 35.7 Å². The Kier molecular flexibility index (Phi) is 7.83. The van der Waals surface area contributed by atoms with Crippen LogP contribution >= 0.6 is 11.6 Å². The maximum atomic E-state index is 15.3. The van der Waals surface area contributed by atoms with Gasteiger partial charge in [-0.25, -0.2) is 24.1 Å². The van der Waals surface area contributed by atoms with Crippen LogP contribution in [0.25, 0.3) is 22.3 Å². The van der Waals surface area contributed by atoms with Gasteiger partial charge in [0.25, 0.3) is 0 Å². The number of piperidine rings is 1. The van der Waals surface area contributed by atoms with E-state index in [9.17, 15) is 15.0 Å². The highest BCUT2D eigenvalue weighted by molar-refractivity contribution is 6.33. The van der Waals surface area contributed by atoms with Gasteiger partial charge in [0.15, 0.2) is 5.82 Å². The Morgan fingerprint density at radius 2 is 2.05 bits per heavy atom. The monoisotopic (exact) mass is 548 g/mol. The van der Waals surface area contributed by atoms with Crippen LogP contribution in [0.5, 0.6) is 0 Å². The van der Waals surface area contributed by atoms with Crippen LogP contribution in [-0.4, -0.2) is 72.6 Å². The molecule has 3 aromatic rings. The standard InChI is InChI=1S/C26H34ClFN6O4/c1-7-18-22(35)17(8-9-33(18)25(36)38-6)30-24-29-12-15(27)20(32-24)14-10-16(28)21-19(11-14)34(13(2)3)23(31-21)26(4,5)37/h10-13,17-18,22,35,37H,7-9H2,1-6H3,(H,29,30,32)/t17-,18+,22+/m0/s1. The normalized spacial score (nSPS) is 20.3. The number of hydrogen-bond donors (Lipinski definition) is 3. The number of methoxy groups -OCH3 is 1. The van der Waals surface area contributed by atoms with Gasteiger partial charge in [-0.15, -0.1) is 0 Å². The molecule has 4 rings (SSSR count). The van der Waals surface area contributed by atoms with E-state index in [1.54, 1.807) is 24.5 Å². The number of imidazole rings is 1. The highest BCUT2D eigenvalue weighted by atomic mass is 35.5. The molecular weight excluding hydrogens is 515 g/mol. The van der Waals surface area contributed by atoms with E-state index in [2.05, 4.69) is 20.3 Å². The van der Waals surface area contributed by atoms with Gasteiger partial charge >= 0.3 is 6.09 Å². The lowest BCUT2D eigenvalue weighted by Gasteiger charge is -2.42.